The minimum absolute atomic E-state index is 0.0441. The summed E-state index contributed by atoms with van der Waals surface area (Å²) in [6.45, 7) is 4.52. The van der Waals surface area contributed by atoms with Gasteiger partial charge < -0.3 is 9.08 Å². The summed E-state index contributed by atoms with van der Waals surface area (Å²) in [7, 11) is -3.54. The molecule has 2 aromatic carbocycles. The molecule has 0 N–H and O–H groups in total. The Morgan fingerprint density at radius 2 is 1.74 bits per heavy atom. The molecule has 0 aromatic heterocycles. The molecule has 0 spiro atoms. The van der Waals surface area contributed by atoms with Gasteiger partial charge in [-0.1, -0.05) is 42.5 Å². The number of nitrogens with zero attached hydrogens (tertiary/aromatic N) is 1. The van der Waals surface area contributed by atoms with Gasteiger partial charge >= 0.3 is 10.1 Å². The summed E-state index contributed by atoms with van der Waals surface area (Å²) in [5.41, 5.74) is 2.16. The van der Waals surface area contributed by atoms with E-state index in [0.29, 0.717) is 12.5 Å². The Morgan fingerprint density at radius 3 is 2.30 bits per heavy atom. The topological polar surface area (TPSA) is 63.7 Å². The first-order chi connectivity index (χ1) is 12.7. The van der Waals surface area contributed by atoms with Gasteiger partial charge in [-0.15, -0.1) is 0 Å². The number of carbonyl (C=O) groups is 1. The standard InChI is InChI=1S/C21H25NO4S/c1-15(2)22(14-16-9-11-18(12-10-16)26-27(3,24)25)21(23)20-13-19(20)17-7-5-4-6-8-17/h4-12,15,19-20H,13-14H2,1-3H3. The molecule has 144 valence electrons. The van der Waals surface area contributed by atoms with Gasteiger partial charge in [-0.05, 0) is 49.4 Å². The number of amides is 1. The van der Waals surface area contributed by atoms with E-state index in [0.717, 1.165) is 18.2 Å². The van der Waals surface area contributed by atoms with Crippen LogP contribution in [0.1, 0.15) is 37.3 Å². The first kappa shape index (κ1) is 19.4. The molecule has 3 rings (SSSR count). The highest BCUT2D eigenvalue weighted by molar-refractivity contribution is 7.86. The van der Waals surface area contributed by atoms with Crippen LogP contribution < -0.4 is 4.18 Å². The van der Waals surface area contributed by atoms with E-state index in [2.05, 4.69) is 12.1 Å². The molecule has 6 heteroatoms. The maximum absolute atomic E-state index is 13.0. The van der Waals surface area contributed by atoms with E-state index in [-0.39, 0.29) is 23.6 Å². The molecule has 2 unspecified atom stereocenters. The van der Waals surface area contributed by atoms with Crippen molar-refractivity contribution in [2.45, 2.75) is 38.8 Å². The summed E-state index contributed by atoms with van der Waals surface area (Å²) in [6, 6.07) is 17.1. The van der Waals surface area contributed by atoms with Crippen LogP contribution >= 0.6 is 0 Å². The molecule has 1 saturated carbocycles. The monoisotopic (exact) mass is 387 g/mol. The molecule has 2 aromatic rings. The van der Waals surface area contributed by atoms with Crippen LogP contribution in [0.15, 0.2) is 54.6 Å². The van der Waals surface area contributed by atoms with E-state index in [1.54, 1.807) is 24.3 Å². The third-order valence-electron chi connectivity index (χ3n) is 4.77. The van der Waals surface area contributed by atoms with Crippen LogP contribution in [0, 0.1) is 5.92 Å². The van der Waals surface area contributed by atoms with Crippen molar-refractivity contribution in [2.75, 3.05) is 6.26 Å². The van der Waals surface area contributed by atoms with Gasteiger partial charge in [0.25, 0.3) is 0 Å². The van der Waals surface area contributed by atoms with Crippen LogP contribution in [-0.4, -0.2) is 31.5 Å². The lowest BCUT2D eigenvalue weighted by Crippen LogP contribution is -2.37. The second kappa shape index (κ2) is 7.72. The highest BCUT2D eigenvalue weighted by Gasteiger charge is 2.46. The largest absolute Gasteiger partial charge is 0.383 e. The number of carbonyl (C=O) groups excluding carboxylic acids is 1. The predicted molar refractivity (Wildman–Crippen MR) is 105 cm³/mol. The van der Waals surface area contributed by atoms with E-state index in [1.165, 1.54) is 5.56 Å². The molecular formula is C21H25NO4S. The highest BCUT2D eigenvalue weighted by atomic mass is 32.2. The zero-order valence-corrected chi connectivity index (χ0v) is 16.6. The van der Waals surface area contributed by atoms with Gasteiger partial charge in [-0.2, -0.15) is 8.42 Å². The molecule has 1 aliphatic carbocycles. The van der Waals surface area contributed by atoms with E-state index >= 15 is 0 Å². The van der Waals surface area contributed by atoms with Crippen LogP contribution in [-0.2, 0) is 21.5 Å². The van der Waals surface area contributed by atoms with E-state index in [1.807, 2.05) is 36.9 Å². The summed E-state index contributed by atoms with van der Waals surface area (Å²) in [5, 5.41) is 0. The average molecular weight is 388 g/mol. The zero-order valence-electron chi connectivity index (χ0n) is 15.8. The lowest BCUT2D eigenvalue weighted by molar-refractivity contribution is -0.135. The Kier molecular flexibility index (Phi) is 5.56. The first-order valence-electron chi connectivity index (χ1n) is 9.08. The summed E-state index contributed by atoms with van der Waals surface area (Å²) in [4.78, 5) is 14.9. The molecule has 0 radical (unpaired) electrons. The number of rotatable bonds is 7. The molecular weight excluding hydrogens is 362 g/mol. The lowest BCUT2D eigenvalue weighted by Gasteiger charge is -2.27. The van der Waals surface area contributed by atoms with E-state index in [9.17, 15) is 13.2 Å². The minimum atomic E-state index is -3.54. The normalized spacial score (nSPS) is 19.0. The Hall–Kier alpha value is -2.34. The smallest absolute Gasteiger partial charge is 0.306 e. The first-order valence-corrected chi connectivity index (χ1v) is 10.9. The Balaban J connectivity index is 1.67. The third-order valence-corrected chi connectivity index (χ3v) is 5.26. The van der Waals surface area contributed by atoms with Gasteiger partial charge in [0.15, 0.2) is 0 Å². The van der Waals surface area contributed by atoms with E-state index < -0.39 is 10.1 Å². The van der Waals surface area contributed by atoms with Gasteiger partial charge in [0.1, 0.15) is 5.75 Å². The van der Waals surface area contributed by atoms with Crippen molar-refractivity contribution < 1.29 is 17.4 Å². The second-order valence-electron chi connectivity index (χ2n) is 7.35. The zero-order chi connectivity index (χ0) is 19.6. The van der Waals surface area contributed by atoms with Crippen LogP contribution in [0.4, 0.5) is 0 Å². The molecule has 0 heterocycles. The number of hydrogen-bond donors (Lipinski definition) is 0. The van der Waals surface area contributed by atoms with Crippen LogP contribution in [0.25, 0.3) is 0 Å². The Morgan fingerprint density at radius 1 is 1.11 bits per heavy atom. The number of hydrogen-bond acceptors (Lipinski definition) is 4. The molecule has 1 amide bonds. The summed E-state index contributed by atoms with van der Waals surface area (Å²) < 4.78 is 27.3. The lowest BCUT2D eigenvalue weighted by atomic mass is 10.1. The summed E-state index contributed by atoms with van der Waals surface area (Å²) >= 11 is 0. The van der Waals surface area contributed by atoms with Crippen molar-refractivity contribution in [1.82, 2.24) is 4.90 Å². The van der Waals surface area contributed by atoms with Crippen molar-refractivity contribution in [3.05, 3.63) is 65.7 Å². The Bertz CT molecular complexity index is 892. The minimum Gasteiger partial charge on any atom is -0.383 e. The van der Waals surface area contributed by atoms with Crippen molar-refractivity contribution in [2.24, 2.45) is 5.92 Å². The van der Waals surface area contributed by atoms with Gasteiger partial charge in [-0.3, -0.25) is 4.79 Å². The molecule has 0 saturated heterocycles. The fourth-order valence-corrected chi connectivity index (χ4v) is 3.75. The molecule has 0 aliphatic heterocycles. The Labute approximate surface area is 161 Å². The van der Waals surface area contributed by atoms with Gasteiger partial charge in [0.05, 0.1) is 6.26 Å². The van der Waals surface area contributed by atoms with Gasteiger partial charge in [0, 0.05) is 18.5 Å². The second-order valence-corrected chi connectivity index (χ2v) is 8.93. The summed E-state index contributed by atoms with van der Waals surface area (Å²) in [6.07, 6.45) is 1.91. The van der Waals surface area contributed by atoms with Crippen molar-refractivity contribution in [3.8, 4) is 5.75 Å². The molecule has 27 heavy (non-hydrogen) atoms. The van der Waals surface area contributed by atoms with Gasteiger partial charge in [-0.25, -0.2) is 0 Å². The van der Waals surface area contributed by atoms with Crippen molar-refractivity contribution in [3.63, 3.8) is 0 Å². The molecule has 0 bridgehead atoms. The molecule has 1 aliphatic rings. The quantitative estimate of drug-likeness (QED) is 0.682. The SMILES string of the molecule is CC(C)N(Cc1ccc(OS(C)(=O)=O)cc1)C(=O)C1CC1c1ccccc1. The molecule has 5 nitrogen and oxygen atoms in total. The molecule has 1 fully saturated rings. The van der Waals surface area contributed by atoms with Crippen molar-refractivity contribution >= 4 is 16.0 Å². The fourth-order valence-electron chi connectivity index (χ4n) is 3.29. The maximum Gasteiger partial charge on any atom is 0.306 e. The third kappa shape index (κ3) is 5.10. The van der Waals surface area contributed by atoms with Crippen LogP contribution in [0.2, 0.25) is 0 Å². The number of benzene rings is 2. The molecule has 2 atom stereocenters. The maximum atomic E-state index is 13.0. The van der Waals surface area contributed by atoms with Gasteiger partial charge in [0.2, 0.25) is 5.91 Å². The fraction of sp³-hybridized carbons (Fsp3) is 0.381. The van der Waals surface area contributed by atoms with Crippen LogP contribution in [0.5, 0.6) is 5.75 Å². The van der Waals surface area contributed by atoms with Crippen LogP contribution in [0.3, 0.4) is 0 Å². The predicted octanol–water partition coefficient (Wildman–Crippen LogP) is 3.57. The average Bonchev–Trinajstić information content (AvgIpc) is 3.40. The highest BCUT2D eigenvalue weighted by Crippen LogP contribution is 2.48. The summed E-state index contributed by atoms with van der Waals surface area (Å²) in [5.74, 6) is 0.804. The van der Waals surface area contributed by atoms with E-state index in [4.69, 9.17) is 4.18 Å². The van der Waals surface area contributed by atoms with Crippen molar-refractivity contribution in [1.29, 1.82) is 0 Å².